The number of amides is 1. The lowest BCUT2D eigenvalue weighted by molar-refractivity contribution is -0.384. The number of fused-ring (bicyclic) bond motifs is 2. The molecule has 1 atom stereocenters. The van der Waals surface area contributed by atoms with Crippen molar-refractivity contribution in [3.8, 4) is 0 Å². The summed E-state index contributed by atoms with van der Waals surface area (Å²) in [4.78, 5) is 51.0. The molecule has 0 spiro atoms. The van der Waals surface area contributed by atoms with Gasteiger partial charge in [-0.2, -0.15) is 0 Å². The third-order valence-electron chi connectivity index (χ3n) is 5.51. The highest BCUT2D eigenvalue weighted by atomic mass is 16.6. The predicted octanol–water partition coefficient (Wildman–Crippen LogP) is 1.56. The Morgan fingerprint density at radius 3 is 2.83 bits per heavy atom. The van der Waals surface area contributed by atoms with Gasteiger partial charge in [0.15, 0.2) is 5.78 Å². The molecule has 3 aliphatic rings. The molecule has 9 heteroatoms. The summed E-state index contributed by atoms with van der Waals surface area (Å²) in [5.41, 5.74) is 1.60. The molecule has 1 N–H and O–H groups in total. The van der Waals surface area contributed by atoms with Crippen LogP contribution in [-0.4, -0.2) is 47.7 Å². The smallest absolute Gasteiger partial charge is 0.337 e. The zero-order valence-corrected chi connectivity index (χ0v) is 15.8. The fourth-order valence-electron chi connectivity index (χ4n) is 4.35. The van der Waals surface area contributed by atoms with Crippen LogP contribution in [0.2, 0.25) is 0 Å². The number of ketones is 1. The number of hydrogen-bond acceptors (Lipinski definition) is 7. The first-order valence-corrected chi connectivity index (χ1v) is 9.32. The second kappa shape index (κ2) is 7.16. The minimum atomic E-state index is -0.889. The molecular weight excluding hydrogens is 378 g/mol. The quantitative estimate of drug-likeness (QED) is 0.467. The van der Waals surface area contributed by atoms with Crippen LogP contribution in [0, 0.1) is 10.1 Å². The minimum absolute atomic E-state index is 0.0409. The molecule has 29 heavy (non-hydrogen) atoms. The van der Waals surface area contributed by atoms with Gasteiger partial charge in [-0.1, -0.05) is 12.1 Å². The van der Waals surface area contributed by atoms with E-state index in [9.17, 15) is 24.5 Å². The lowest BCUT2D eigenvalue weighted by Crippen LogP contribution is -2.50. The van der Waals surface area contributed by atoms with Crippen molar-refractivity contribution in [3.63, 3.8) is 0 Å². The van der Waals surface area contributed by atoms with Crippen LogP contribution in [0.4, 0.5) is 5.69 Å². The minimum Gasteiger partial charge on any atom is -0.466 e. The molecule has 1 saturated heterocycles. The maximum atomic E-state index is 12.9. The molecule has 4 rings (SSSR count). The van der Waals surface area contributed by atoms with E-state index in [1.807, 2.05) is 0 Å². The highest BCUT2D eigenvalue weighted by Gasteiger charge is 2.46. The van der Waals surface area contributed by atoms with Crippen LogP contribution >= 0.6 is 0 Å². The van der Waals surface area contributed by atoms with Gasteiger partial charge in [0, 0.05) is 48.8 Å². The van der Waals surface area contributed by atoms with Crippen molar-refractivity contribution in [3.05, 3.63) is 62.5 Å². The molecule has 0 aromatic heterocycles. The Morgan fingerprint density at radius 2 is 2.10 bits per heavy atom. The Balaban J connectivity index is 2.01. The number of ether oxygens (including phenoxy) is 1. The van der Waals surface area contributed by atoms with Gasteiger partial charge in [0.1, 0.15) is 5.70 Å². The Kier molecular flexibility index (Phi) is 4.65. The molecular formula is C20H19N3O6. The number of methoxy groups -OCH3 is 1. The molecule has 1 aromatic rings. The van der Waals surface area contributed by atoms with Crippen molar-refractivity contribution in [1.29, 1.82) is 0 Å². The molecule has 1 aliphatic carbocycles. The van der Waals surface area contributed by atoms with Crippen molar-refractivity contribution in [2.75, 3.05) is 20.2 Å². The van der Waals surface area contributed by atoms with E-state index in [0.717, 1.165) is 5.70 Å². The highest BCUT2D eigenvalue weighted by Crippen LogP contribution is 2.47. The average molecular weight is 397 g/mol. The SMILES string of the molecule is COC(=O)C1=C2C(=O)NCCN2C2=C(C(=O)CCC2)[C@H]1c1cccc([N+](=O)[O-])c1. The lowest BCUT2D eigenvalue weighted by Gasteiger charge is -2.43. The fraction of sp³-hybridized carbons (Fsp3) is 0.350. The zero-order chi connectivity index (χ0) is 20.7. The van der Waals surface area contributed by atoms with Gasteiger partial charge in [-0.05, 0) is 18.4 Å². The molecule has 0 unspecified atom stereocenters. The number of carbonyl (C=O) groups is 3. The van der Waals surface area contributed by atoms with E-state index in [0.29, 0.717) is 43.5 Å². The van der Waals surface area contributed by atoms with Gasteiger partial charge in [0.2, 0.25) is 0 Å². The summed E-state index contributed by atoms with van der Waals surface area (Å²) in [5, 5.41) is 14.0. The first-order chi connectivity index (χ1) is 13.9. The average Bonchev–Trinajstić information content (AvgIpc) is 2.73. The third kappa shape index (κ3) is 2.98. The summed E-state index contributed by atoms with van der Waals surface area (Å²) < 4.78 is 4.96. The van der Waals surface area contributed by atoms with Crippen molar-refractivity contribution in [2.24, 2.45) is 0 Å². The van der Waals surface area contributed by atoms with Crippen molar-refractivity contribution in [2.45, 2.75) is 25.2 Å². The number of benzene rings is 1. The summed E-state index contributed by atoms with van der Waals surface area (Å²) in [6, 6.07) is 5.82. The van der Waals surface area contributed by atoms with E-state index in [1.165, 1.54) is 25.3 Å². The number of nitrogens with one attached hydrogen (secondary N) is 1. The Morgan fingerprint density at radius 1 is 1.31 bits per heavy atom. The van der Waals surface area contributed by atoms with Gasteiger partial charge in [-0.15, -0.1) is 0 Å². The molecule has 0 radical (unpaired) electrons. The second-order valence-electron chi connectivity index (χ2n) is 7.08. The van der Waals surface area contributed by atoms with Gasteiger partial charge in [0.25, 0.3) is 11.6 Å². The van der Waals surface area contributed by atoms with E-state index >= 15 is 0 Å². The summed E-state index contributed by atoms with van der Waals surface area (Å²) in [5.74, 6) is -2.16. The zero-order valence-electron chi connectivity index (χ0n) is 15.8. The standard InChI is InChI=1S/C20H19N3O6/c1-29-20(26)17-15(11-4-2-5-12(10-11)23(27)28)16-13(6-3-7-14(16)24)22-9-8-21-19(25)18(17)22/h2,4-5,10,15H,3,6-9H2,1H3,(H,21,25)/t15-/m1/s1. The van der Waals surface area contributed by atoms with Crippen molar-refractivity contribution in [1.82, 2.24) is 10.2 Å². The van der Waals surface area contributed by atoms with Gasteiger partial charge in [0.05, 0.1) is 17.6 Å². The summed E-state index contributed by atoms with van der Waals surface area (Å²) in [6.07, 6.45) is 1.57. The Labute approximate surface area is 166 Å². The van der Waals surface area contributed by atoms with E-state index in [-0.39, 0.29) is 22.7 Å². The molecule has 2 heterocycles. The van der Waals surface area contributed by atoms with Crippen LogP contribution in [0.15, 0.2) is 46.8 Å². The number of esters is 1. The maximum absolute atomic E-state index is 12.9. The molecule has 150 valence electrons. The first-order valence-electron chi connectivity index (χ1n) is 9.32. The van der Waals surface area contributed by atoms with Crippen molar-refractivity contribution < 1.29 is 24.0 Å². The lowest BCUT2D eigenvalue weighted by atomic mass is 9.74. The second-order valence-corrected chi connectivity index (χ2v) is 7.08. The third-order valence-corrected chi connectivity index (χ3v) is 5.51. The number of hydrogen-bond donors (Lipinski definition) is 1. The summed E-state index contributed by atoms with van der Waals surface area (Å²) >= 11 is 0. The highest BCUT2D eigenvalue weighted by molar-refractivity contribution is 6.09. The van der Waals surface area contributed by atoms with E-state index in [2.05, 4.69) is 5.32 Å². The number of nitro groups is 1. The first kappa shape index (κ1) is 18.9. The van der Waals surface area contributed by atoms with Gasteiger partial charge in [-0.3, -0.25) is 19.7 Å². The summed E-state index contributed by atoms with van der Waals surface area (Å²) in [7, 11) is 1.21. The largest absolute Gasteiger partial charge is 0.466 e. The van der Waals surface area contributed by atoms with Crippen molar-refractivity contribution >= 4 is 23.3 Å². The van der Waals surface area contributed by atoms with Gasteiger partial charge >= 0.3 is 5.97 Å². The normalized spacial score (nSPS) is 21.4. The topological polar surface area (TPSA) is 119 Å². The number of piperazine rings is 1. The van der Waals surface area contributed by atoms with Crippen LogP contribution in [0.1, 0.15) is 30.7 Å². The monoisotopic (exact) mass is 397 g/mol. The van der Waals surface area contributed by atoms with Gasteiger partial charge < -0.3 is 15.0 Å². The number of rotatable bonds is 3. The molecule has 1 fully saturated rings. The number of Topliss-reactive ketones (excluding diaryl/α,β-unsaturated/α-hetero) is 1. The molecule has 9 nitrogen and oxygen atoms in total. The molecule has 2 aliphatic heterocycles. The Hall–Kier alpha value is -3.49. The van der Waals surface area contributed by atoms with Crippen LogP contribution in [0.25, 0.3) is 0 Å². The Bertz CT molecular complexity index is 1010. The number of nitro benzene ring substituents is 1. The number of carbonyl (C=O) groups excluding carboxylic acids is 3. The fourth-order valence-corrected chi connectivity index (χ4v) is 4.35. The van der Waals surface area contributed by atoms with E-state index in [1.54, 1.807) is 11.0 Å². The molecule has 1 amide bonds. The van der Waals surface area contributed by atoms with Crippen LogP contribution in [0.3, 0.4) is 0 Å². The van der Waals surface area contributed by atoms with Crippen LogP contribution in [-0.2, 0) is 19.1 Å². The molecule has 1 aromatic carbocycles. The maximum Gasteiger partial charge on any atom is 0.337 e. The van der Waals surface area contributed by atoms with Gasteiger partial charge in [-0.25, -0.2) is 4.79 Å². The number of non-ortho nitro benzene ring substituents is 1. The number of nitrogens with zero attached hydrogens (tertiary/aromatic N) is 2. The van der Waals surface area contributed by atoms with Crippen LogP contribution in [0.5, 0.6) is 0 Å². The number of allylic oxidation sites excluding steroid dienone is 2. The van der Waals surface area contributed by atoms with Crippen LogP contribution < -0.4 is 5.32 Å². The van der Waals surface area contributed by atoms with E-state index in [4.69, 9.17) is 4.74 Å². The molecule has 0 saturated carbocycles. The predicted molar refractivity (Wildman–Crippen MR) is 100 cm³/mol. The molecule has 0 bridgehead atoms. The summed E-state index contributed by atoms with van der Waals surface area (Å²) in [6.45, 7) is 0.832. The van der Waals surface area contributed by atoms with E-state index < -0.39 is 22.7 Å².